The van der Waals surface area contributed by atoms with Gasteiger partial charge in [0.1, 0.15) is 16.4 Å². The topological polar surface area (TPSA) is 103 Å². The van der Waals surface area contributed by atoms with Crippen LogP contribution in [0.3, 0.4) is 0 Å². The van der Waals surface area contributed by atoms with Crippen LogP contribution in [-0.4, -0.2) is 68.1 Å². The quantitative estimate of drug-likeness (QED) is 0.271. The van der Waals surface area contributed by atoms with Crippen LogP contribution in [0.15, 0.2) is 54.2 Å². The summed E-state index contributed by atoms with van der Waals surface area (Å²) in [7, 11) is 0. The molecule has 0 saturated carbocycles. The molecule has 15 heteroatoms. The summed E-state index contributed by atoms with van der Waals surface area (Å²) >= 11 is 0.368. The van der Waals surface area contributed by atoms with Gasteiger partial charge in [-0.2, -0.15) is 26.3 Å². The number of alkyl halides is 6. The van der Waals surface area contributed by atoms with E-state index in [1.807, 2.05) is 0 Å². The second-order valence-corrected chi connectivity index (χ2v) is 12.7. The van der Waals surface area contributed by atoms with E-state index >= 15 is 0 Å². The monoisotopic (exact) mass is 685 g/mol. The van der Waals surface area contributed by atoms with Crippen LogP contribution in [0.5, 0.6) is 11.5 Å². The van der Waals surface area contributed by atoms with Crippen molar-refractivity contribution in [3.63, 3.8) is 0 Å². The summed E-state index contributed by atoms with van der Waals surface area (Å²) in [6, 6.07) is 6.55. The summed E-state index contributed by atoms with van der Waals surface area (Å²) in [5.74, 6) is -2.07. The zero-order valence-electron chi connectivity index (χ0n) is 25.3. The van der Waals surface area contributed by atoms with Crippen molar-refractivity contribution < 1.29 is 50.9 Å². The summed E-state index contributed by atoms with van der Waals surface area (Å²) in [5.41, 5.74) is -5.07. The summed E-state index contributed by atoms with van der Waals surface area (Å²) in [6.45, 7) is 1.66. The fourth-order valence-corrected chi connectivity index (χ4v) is 7.26. The normalized spacial score (nSPS) is 21.8. The Labute approximate surface area is 270 Å². The van der Waals surface area contributed by atoms with Gasteiger partial charge in [0.15, 0.2) is 0 Å². The predicted octanol–water partition coefficient (Wildman–Crippen LogP) is 6.62. The summed E-state index contributed by atoms with van der Waals surface area (Å²) in [4.78, 5) is 33.8. The van der Waals surface area contributed by atoms with Gasteiger partial charge in [0, 0.05) is 55.5 Å². The minimum atomic E-state index is -4.88. The first-order chi connectivity index (χ1) is 22.1. The lowest BCUT2D eigenvalue weighted by atomic mass is 9.78. The average Bonchev–Trinajstić information content (AvgIpc) is 3.51. The minimum absolute atomic E-state index is 0.00871. The number of hydrogen-bond acceptors (Lipinski definition) is 7. The van der Waals surface area contributed by atoms with Crippen molar-refractivity contribution in [1.29, 1.82) is 0 Å². The van der Waals surface area contributed by atoms with Gasteiger partial charge in [-0.1, -0.05) is 31.5 Å². The third-order valence-electron chi connectivity index (χ3n) is 8.84. The van der Waals surface area contributed by atoms with Crippen molar-refractivity contribution in [2.24, 2.45) is 0 Å². The maximum atomic E-state index is 14.6. The smallest absolute Gasteiger partial charge is 0.425 e. The molecule has 0 spiro atoms. The Morgan fingerprint density at radius 1 is 1.04 bits per heavy atom. The van der Waals surface area contributed by atoms with Crippen LogP contribution >= 0.6 is 11.3 Å². The molecule has 3 aromatic rings. The van der Waals surface area contributed by atoms with Gasteiger partial charge in [0.05, 0.1) is 22.8 Å². The van der Waals surface area contributed by atoms with Crippen LogP contribution in [0.2, 0.25) is 0 Å². The zero-order valence-corrected chi connectivity index (χ0v) is 26.1. The Morgan fingerprint density at radius 2 is 1.74 bits per heavy atom. The third-order valence-corrected chi connectivity index (χ3v) is 9.79. The molecule has 254 valence electrons. The van der Waals surface area contributed by atoms with Crippen LogP contribution in [0.25, 0.3) is 0 Å². The lowest BCUT2D eigenvalue weighted by Crippen LogP contribution is -2.68. The van der Waals surface area contributed by atoms with Gasteiger partial charge < -0.3 is 24.7 Å². The number of carbonyl (C=O) groups is 2. The molecule has 47 heavy (non-hydrogen) atoms. The second kappa shape index (κ2) is 13.0. The number of likely N-dealkylation sites (tertiary alicyclic amines) is 2. The molecule has 0 radical (unpaired) electrons. The number of pyridine rings is 1. The maximum absolute atomic E-state index is 14.6. The molecule has 5 rings (SSSR count). The highest BCUT2D eigenvalue weighted by Gasteiger charge is 2.56. The molecule has 8 nitrogen and oxygen atoms in total. The largest absolute Gasteiger partial charge is 0.508 e. The molecular weight excluding hydrogens is 652 g/mol. The van der Waals surface area contributed by atoms with E-state index in [1.54, 1.807) is 25.1 Å². The number of aromatic nitrogens is 1. The molecule has 1 aromatic carbocycles. The minimum Gasteiger partial charge on any atom is -0.508 e. The van der Waals surface area contributed by atoms with E-state index in [4.69, 9.17) is 4.74 Å². The number of rotatable bonds is 7. The van der Waals surface area contributed by atoms with Gasteiger partial charge in [-0.3, -0.25) is 14.6 Å². The number of halogens is 6. The first-order valence-electron chi connectivity index (χ1n) is 15.1. The van der Waals surface area contributed by atoms with E-state index in [2.05, 4.69) is 4.98 Å². The van der Waals surface area contributed by atoms with Gasteiger partial charge in [0.25, 0.3) is 11.8 Å². The van der Waals surface area contributed by atoms with Crippen LogP contribution in [0.4, 0.5) is 26.3 Å². The number of ether oxygens (including phenoxy) is 1. The van der Waals surface area contributed by atoms with Crippen molar-refractivity contribution in [3.05, 3.63) is 75.7 Å². The number of amides is 2. The molecule has 2 saturated heterocycles. The standard InChI is InChI=1S/C32H33F6N3O5S/c1-2-6-25-30(46-20-17-26(47-19-20)32(36,37)38,10-5-14-41(25)27(43)21-18-39-13-9-22(21)31(33,34)35)28(44)40-15-11-29(45,12-16-40)23-7-3-4-8-24(23)42/h3-4,7-9,13,17-19,25,42,45H,2,5-6,10-12,14-16H2,1H3/t25-,30-/m1/s1. The van der Waals surface area contributed by atoms with E-state index in [1.165, 1.54) is 11.0 Å². The molecule has 2 atom stereocenters. The fraction of sp³-hybridized carbons (Fsp3) is 0.469. The molecule has 0 aliphatic carbocycles. The lowest BCUT2D eigenvalue weighted by molar-refractivity contribution is -0.163. The van der Waals surface area contributed by atoms with Crippen molar-refractivity contribution in [3.8, 4) is 11.5 Å². The third kappa shape index (κ3) is 6.77. The van der Waals surface area contributed by atoms with Crippen molar-refractivity contribution in [1.82, 2.24) is 14.8 Å². The summed E-state index contributed by atoms with van der Waals surface area (Å²) in [5, 5.41) is 22.9. The first kappa shape index (κ1) is 34.5. The van der Waals surface area contributed by atoms with Gasteiger partial charge in [-0.15, -0.1) is 11.3 Å². The number of para-hydroxylation sites is 1. The number of phenolic OH excluding ortho intramolecular Hbond substituents is 1. The fourth-order valence-electron chi connectivity index (χ4n) is 6.59. The SMILES string of the molecule is CCC[C@H]1N(C(=O)c2cnccc2C(F)(F)F)CCC[C@]1(Oc1csc(C(F)(F)F)c1)C(=O)N1CCC(O)(c2ccccc2O)CC1. The van der Waals surface area contributed by atoms with Crippen molar-refractivity contribution >= 4 is 23.2 Å². The molecule has 2 aromatic heterocycles. The Hall–Kier alpha value is -3.85. The van der Waals surface area contributed by atoms with Crippen LogP contribution in [0.1, 0.15) is 71.8 Å². The van der Waals surface area contributed by atoms with Gasteiger partial charge in [-0.05, 0) is 37.8 Å². The number of nitrogens with zero attached hydrogens (tertiary/aromatic N) is 3. The molecule has 2 fully saturated rings. The maximum Gasteiger partial charge on any atom is 0.425 e. The number of carbonyl (C=O) groups excluding carboxylic acids is 2. The molecule has 0 bridgehead atoms. The van der Waals surface area contributed by atoms with E-state index in [9.17, 15) is 46.1 Å². The van der Waals surface area contributed by atoms with Crippen LogP contribution in [0, 0.1) is 0 Å². The van der Waals surface area contributed by atoms with Crippen molar-refractivity contribution in [2.75, 3.05) is 19.6 Å². The highest BCUT2D eigenvalue weighted by atomic mass is 32.1. The molecule has 2 aliphatic heterocycles. The van der Waals surface area contributed by atoms with Gasteiger partial charge >= 0.3 is 12.4 Å². The highest BCUT2D eigenvalue weighted by Crippen LogP contribution is 2.44. The van der Waals surface area contributed by atoms with E-state index in [-0.39, 0.29) is 68.8 Å². The molecule has 2 aliphatic rings. The average molecular weight is 686 g/mol. The molecule has 4 heterocycles. The Kier molecular flexibility index (Phi) is 9.52. The molecular formula is C32H33F6N3O5S. The lowest BCUT2D eigenvalue weighted by Gasteiger charge is -2.51. The van der Waals surface area contributed by atoms with Crippen LogP contribution < -0.4 is 4.74 Å². The number of piperidine rings is 2. The summed E-state index contributed by atoms with van der Waals surface area (Å²) in [6.07, 6.45) is -7.30. The molecule has 2 amide bonds. The Morgan fingerprint density at radius 3 is 2.36 bits per heavy atom. The Balaban J connectivity index is 1.54. The summed E-state index contributed by atoms with van der Waals surface area (Å²) < 4.78 is 88.7. The first-order valence-corrected chi connectivity index (χ1v) is 16.0. The van der Waals surface area contributed by atoms with E-state index in [0.29, 0.717) is 23.8 Å². The number of aliphatic hydroxyl groups is 1. The number of phenols is 1. The van der Waals surface area contributed by atoms with Crippen molar-refractivity contribution in [2.45, 2.75) is 75.0 Å². The van der Waals surface area contributed by atoms with Crippen LogP contribution in [-0.2, 0) is 22.7 Å². The second-order valence-electron chi connectivity index (χ2n) is 11.8. The zero-order chi connectivity index (χ0) is 34.2. The highest BCUT2D eigenvalue weighted by molar-refractivity contribution is 7.10. The number of hydrogen-bond donors (Lipinski definition) is 2. The van der Waals surface area contributed by atoms with E-state index in [0.717, 1.165) is 28.7 Å². The Bertz CT molecular complexity index is 1600. The number of thiophene rings is 1. The van der Waals surface area contributed by atoms with Gasteiger partial charge in [0.2, 0.25) is 5.60 Å². The molecule has 2 N–H and O–H groups in total. The van der Waals surface area contributed by atoms with Gasteiger partial charge in [-0.25, -0.2) is 0 Å². The predicted molar refractivity (Wildman–Crippen MR) is 159 cm³/mol. The number of aromatic hydroxyl groups is 1. The molecule has 0 unspecified atom stereocenters. The number of benzene rings is 1. The van der Waals surface area contributed by atoms with E-state index < -0.39 is 57.4 Å².